The standard InChI is InChI=1S/C20H28N6O2/c1-3-8-26-14(2)16(12-21-26)19(28)25-11-7-15-17(13-25)22-20(23-18(15)27)24-9-5-4-6-10-24/h12H,3-11,13H2,1-2H3,(H,22,23,27). The molecule has 0 saturated carbocycles. The summed E-state index contributed by atoms with van der Waals surface area (Å²) in [6.07, 6.45) is 6.62. The Morgan fingerprint density at radius 2 is 2.00 bits per heavy atom. The molecular weight excluding hydrogens is 356 g/mol. The number of nitrogens with zero attached hydrogens (tertiary/aromatic N) is 5. The highest BCUT2D eigenvalue weighted by atomic mass is 16.2. The largest absolute Gasteiger partial charge is 0.342 e. The summed E-state index contributed by atoms with van der Waals surface area (Å²) in [5.74, 6) is 0.608. The van der Waals surface area contributed by atoms with Gasteiger partial charge in [0.25, 0.3) is 11.5 Å². The molecule has 1 saturated heterocycles. The number of anilines is 1. The van der Waals surface area contributed by atoms with E-state index >= 15 is 0 Å². The third kappa shape index (κ3) is 3.43. The van der Waals surface area contributed by atoms with Gasteiger partial charge < -0.3 is 9.80 Å². The minimum absolute atomic E-state index is 0.0351. The summed E-state index contributed by atoms with van der Waals surface area (Å²) in [5.41, 5.74) is 2.90. The third-order valence-corrected chi connectivity index (χ3v) is 5.77. The van der Waals surface area contributed by atoms with Gasteiger partial charge in [0.15, 0.2) is 0 Å². The van der Waals surface area contributed by atoms with Crippen LogP contribution in [0.15, 0.2) is 11.0 Å². The SMILES string of the molecule is CCCn1ncc(C(=O)N2CCc3c(nc(N4CCCCC4)[nH]c3=O)C2)c1C. The van der Waals surface area contributed by atoms with Crippen LogP contribution in [0.3, 0.4) is 0 Å². The van der Waals surface area contributed by atoms with Gasteiger partial charge in [0.2, 0.25) is 5.95 Å². The normalized spacial score (nSPS) is 16.9. The number of rotatable bonds is 4. The number of aromatic nitrogens is 4. The molecule has 1 fully saturated rings. The summed E-state index contributed by atoms with van der Waals surface area (Å²) in [6.45, 7) is 7.56. The van der Waals surface area contributed by atoms with Crippen molar-refractivity contribution in [3.8, 4) is 0 Å². The second-order valence-electron chi connectivity index (χ2n) is 7.71. The van der Waals surface area contributed by atoms with Gasteiger partial charge in [-0.3, -0.25) is 19.3 Å². The number of nitrogens with one attached hydrogen (secondary N) is 1. The van der Waals surface area contributed by atoms with Crippen LogP contribution < -0.4 is 10.5 Å². The van der Waals surface area contributed by atoms with Crippen molar-refractivity contribution in [2.45, 2.75) is 59.0 Å². The van der Waals surface area contributed by atoms with Gasteiger partial charge in [-0.1, -0.05) is 6.92 Å². The summed E-state index contributed by atoms with van der Waals surface area (Å²) >= 11 is 0. The van der Waals surface area contributed by atoms with E-state index in [2.05, 4.69) is 21.9 Å². The molecule has 1 amide bonds. The first-order chi connectivity index (χ1) is 13.6. The maximum Gasteiger partial charge on any atom is 0.257 e. The predicted octanol–water partition coefficient (Wildman–Crippen LogP) is 1.87. The van der Waals surface area contributed by atoms with E-state index in [1.807, 2.05) is 11.6 Å². The molecule has 2 aliphatic rings. The monoisotopic (exact) mass is 384 g/mol. The molecule has 1 N–H and O–H groups in total. The fourth-order valence-electron chi connectivity index (χ4n) is 4.12. The molecular formula is C20H28N6O2. The van der Waals surface area contributed by atoms with E-state index in [1.165, 1.54) is 6.42 Å². The summed E-state index contributed by atoms with van der Waals surface area (Å²) < 4.78 is 1.88. The van der Waals surface area contributed by atoms with Crippen LogP contribution in [0, 0.1) is 6.92 Å². The Labute approximate surface area is 164 Å². The summed E-state index contributed by atoms with van der Waals surface area (Å²) in [7, 11) is 0. The Morgan fingerprint density at radius 3 is 2.75 bits per heavy atom. The smallest absolute Gasteiger partial charge is 0.257 e. The fourth-order valence-corrected chi connectivity index (χ4v) is 4.12. The van der Waals surface area contributed by atoms with Crippen LogP contribution in [0.25, 0.3) is 0 Å². The quantitative estimate of drug-likeness (QED) is 0.870. The van der Waals surface area contributed by atoms with Gasteiger partial charge in [-0.2, -0.15) is 5.10 Å². The Balaban J connectivity index is 1.57. The van der Waals surface area contributed by atoms with Gasteiger partial charge in [0, 0.05) is 37.4 Å². The molecule has 2 aromatic rings. The molecule has 8 heteroatoms. The zero-order valence-electron chi connectivity index (χ0n) is 16.7. The fraction of sp³-hybridized carbons (Fsp3) is 0.600. The molecule has 150 valence electrons. The lowest BCUT2D eigenvalue weighted by atomic mass is 10.1. The third-order valence-electron chi connectivity index (χ3n) is 5.77. The van der Waals surface area contributed by atoms with Crippen molar-refractivity contribution in [3.05, 3.63) is 39.1 Å². The summed E-state index contributed by atoms with van der Waals surface area (Å²) in [5, 5.41) is 4.35. The van der Waals surface area contributed by atoms with Crippen molar-refractivity contribution in [3.63, 3.8) is 0 Å². The van der Waals surface area contributed by atoms with Crippen molar-refractivity contribution in [1.29, 1.82) is 0 Å². The Hall–Kier alpha value is -2.64. The lowest BCUT2D eigenvalue weighted by molar-refractivity contribution is 0.0730. The molecule has 4 heterocycles. The van der Waals surface area contributed by atoms with E-state index in [1.54, 1.807) is 11.1 Å². The Bertz CT molecular complexity index is 925. The van der Waals surface area contributed by atoms with Crippen LogP contribution in [0.5, 0.6) is 0 Å². The van der Waals surface area contributed by atoms with Gasteiger partial charge in [0.05, 0.1) is 24.0 Å². The van der Waals surface area contributed by atoms with Gasteiger partial charge in [-0.05, 0) is 39.0 Å². The number of aryl methyl sites for hydroxylation is 1. The second-order valence-corrected chi connectivity index (χ2v) is 7.71. The molecule has 2 aromatic heterocycles. The highest BCUT2D eigenvalue weighted by Gasteiger charge is 2.28. The highest BCUT2D eigenvalue weighted by Crippen LogP contribution is 2.21. The first kappa shape index (κ1) is 18.7. The number of piperidine rings is 1. The first-order valence-electron chi connectivity index (χ1n) is 10.3. The maximum atomic E-state index is 13.1. The van der Waals surface area contributed by atoms with Gasteiger partial charge in [-0.25, -0.2) is 4.98 Å². The second kappa shape index (κ2) is 7.77. The Kier molecular flexibility index (Phi) is 5.19. The van der Waals surface area contributed by atoms with Gasteiger partial charge in [-0.15, -0.1) is 0 Å². The van der Waals surface area contributed by atoms with Crippen molar-refractivity contribution >= 4 is 11.9 Å². The first-order valence-corrected chi connectivity index (χ1v) is 10.3. The molecule has 28 heavy (non-hydrogen) atoms. The van der Waals surface area contributed by atoms with Crippen molar-refractivity contribution in [2.75, 3.05) is 24.5 Å². The molecule has 0 radical (unpaired) electrons. The molecule has 0 aromatic carbocycles. The number of H-pyrrole nitrogens is 1. The molecule has 8 nitrogen and oxygen atoms in total. The molecule has 0 spiro atoms. The zero-order valence-corrected chi connectivity index (χ0v) is 16.7. The molecule has 2 aliphatic heterocycles. The van der Waals surface area contributed by atoms with E-state index < -0.39 is 0 Å². The van der Waals surface area contributed by atoms with E-state index in [0.717, 1.165) is 50.3 Å². The maximum absolute atomic E-state index is 13.1. The summed E-state index contributed by atoms with van der Waals surface area (Å²) in [6, 6.07) is 0. The minimum Gasteiger partial charge on any atom is -0.342 e. The van der Waals surface area contributed by atoms with Gasteiger partial charge in [0.1, 0.15) is 0 Å². The number of aromatic amines is 1. The number of amides is 1. The summed E-state index contributed by atoms with van der Waals surface area (Å²) in [4.78, 5) is 37.2. The lowest BCUT2D eigenvalue weighted by Crippen LogP contribution is -2.40. The lowest BCUT2D eigenvalue weighted by Gasteiger charge is -2.31. The molecule has 0 aliphatic carbocycles. The number of carbonyl (C=O) groups excluding carboxylic acids is 1. The van der Waals surface area contributed by atoms with Crippen molar-refractivity contribution in [1.82, 2.24) is 24.6 Å². The topological polar surface area (TPSA) is 87.1 Å². The van der Waals surface area contributed by atoms with E-state index in [0.29, 0.717) is 36.6 Å². The highest BCUT2D eigenvalue weighted by molar-refractivity contribution is 5.95. The average Bonchev–Trinajstić information content (AvgIpc) is 3.08. The van der Waals surface area contributed by atoms with Crippen LogP contribution >= 0.6 is 0 Å². The number of hydrogen-bond acceptors (Lipinski definition) is 5. The van der Waals surface area contributed by atoms with Crippen LogP contribution in [-0.4, -0.2) is 50.2 Å². The van der Waals surface area contributed by atoms with Crippen molar-refractivity contribution < 1.29 is 4.79 Å². The van der Waals surface area contributed by atoms with Crippen LogP contribution in [0.1, 0.15) is 59.9 Å². The van der Waals surface area contributed by atoms with Gasteiger partial charge >= 0.3 is 0 Å². The zero-order chi connectivity index (χ0) is 19.7. The molecule has 0 bridgehead atoms. The number of carbonyl (C=O) groups is 1. The van der Waals surface area contributed by atoms with Crippen LogP contribution in [0.2, 0.25) is 0 Å². The molecule has 4 rings (SSSR count). The Morgan fingerprint density at radius 1 is 1.21 bits per heavy atom. The average molecular weight is 384 g/mol. The number of hydrogen-bond donors (Lipinski definition) is 1. The molecule has 0 unspecified atom stereocenters. The predicted molar refractivity (Wildman–Crippen MR) is 107 cm³/mol. The van der Waals surface area contributed by atoms with E-state index in [9.17, 15) is 9.59 Å². The number of fused-ring (bicyclic) bond motifs is 1. The van der Waals surface area contributed by atoms with E-state index in [-0.39, 0.29) is 11.5 Å². The van der Waals surface area contributed by atoms with Crippen LogP contribution in [0.4, 0.5) is 5.95 Å². The van der Waals surface area contributed by atoms with Crippen LogP contribution in [-0.2, 0) is 19.5 Å². The minimum atomic E-state index is -0.0652. The van der Waals surface area contributed by atoms with Crippen molar-refractivity contribution in [2.24, 2.45) is 0 Å². The molecule has 0 atom stereocenters. The van der Waals surface area contributed by atoms with E-state index in [4.69, 9.17) is 4.98 Å².